The van der Waals surface area contributed by atoms with Gasteiger partial charge in [0.2, 0.25) is 0 Å². The number of carbonyl (C=O) groups excluding carboxylic acids is 1. The first-order valence-electron chi connectivity index (χ1n) is 3.78. The van der Waals surface area contributed by atoms with Crippen molar-refractivity contribution >= 4 is 34.5 Å². The second-order valence-corrected chi connectivity index (χ2v) is 3.58. The van der Waals surface area contributed by atoms with E-state index in [1.807, 2.05) is 22.9 Å². The van der Waals surface area contributed by atoms with Crippen molar-refractivity contribution in [2.24, 2.45) is 5.73 Å². The summed E-state index contributed by atoms with van der Waals surface area (Å²) >= 11 is 1.91. The van der Waals surface area contributed by atoms with Crippen molar-refractivity contribution in [3.63, 3.8) is 0 Å². The van der Waals surface area contributed by atoms with Gasteiger partial charge in [0.15, 0.2) is 0 Å². The van der Waals surface area contributed by atoms with E-state index in [1.165, 1.54) is 3.11 Å². The number of rotatable bonds is 2. The zero-order valence-electron chi connectivity index (χ0n) is 7.14. The molecule has 2 N–H and O–H groups in total. The Morgan fingerprint density at radius 2 is 2.46 bits per heavy atom. The fourth-order valence-corrected chi connectivity index (χ4v) is 1.50. The lowest BCUT2D eigenvalue weighted by atomic mass is 10.3. The van der Waals surface area contributed by atoms with Crippen LogP contribution in [0.25, 0.3) is 0 Å². The third-order valence-electron chi connectivity index (χ3n) is 1.46. The van der Waals surface area contributed by atoms with Crippen LogP contribution in [0.1, 0.15) is 6.92 Å². The maximum Gasteiger partial charge on any atom is 0.252 e. The average Bonchev–Trinajstić information content (AvgIpc) is 2.17. The highest BCUT2D eigenvalue weighted by atomic mass is 127. The molecular weight excluding hydrogens is 281 g/mol. The van der Waals surface area contributed by atoms with Crippen LogP contribution in [-0.2, 0) is 4.79 Å². The van der Waals surface area contributed by atoms with E-state index in [2.05, 4.69) is 4.98 Å². The van der Waals surface area contributed by atoms with Gasteiger partial charge in [-0.25, -0.2) is 3.11 Å². The first kappa shape index (κ1) is 10.4. The maximum absolute atomic E-state index is 11.4. The first-order valence-corrected chi connectivity index (χ1v) is 4.75. The molecule has 70 valence electrons. The number of hydrogen-bond donors (Lipinski definition) is 1. The summed E-state index contributed by atoms with van der Waals surface area (Å²) in [5, 5.41) is 0. The smallest absolute Gasteiger partial charge is 0.252 e. The summed E-state index contributed by atoms with van der Waals surface area (Å²) in [4.78, 5) is 15.3. The van der Waals surface area contributed by atoms with Crippen molar-refractivity contribution in [1.29, 1.82) is 0 Å². The molecule has 1 aromatic heterocycles. The number of anilines is 1. The van der Waals surface area contributed by atoms with E-state index < -0.39 is 6.04 Å². The molecule has 1 amide bonds. The quantitative estimate of drug-likeness (QED) is 0.656. The van der Waals surface area contributed by atoms with E-state index >= 15 is 0 Å². The predicted octanol–water partition coefficient (Wildman–Crippen LogP) is 1.11. The van der Waals surface area contributed by atoms with Crippen molar-refractivity contribution in [2.45, 2.75) is 13.0 Å². The Kier molecular flexibility index (Phi) is 3.61. The van der Waals surface area contributed by atoms with Crippen molar-refractivity contribution in [3.8, 4) is 0 Å². The van der Waals surface area contributed by atoms with Gasteiger partial charge in [0.05, 0.1) is 40.8 Å². The molecule has 1 rings (SSSR count). The Labute approximate surface area is 90.6 Å². The Morgan fingerprint density at radius 1 is 1.77 bits per heavy atom. The minimum Gasteiger partial charge on any atom is -0.320 e. The molecule has 1 aromatic rings. The van der Waals surface area contributed by atoms with Gasteiger partial charge in [-0.1, -0.05) is 0 Å². The van der Waals surface area contributed by atoms with Crippen LogP contribution in [0.3, 0.4) is 0 Å². The molecule has 0 saturated heterocycles. The lowest BCUT2D eigenvalue weighted by molar-refractivity contribution is -0.117. The summed E-state index contributed by atoms with van der Waals surface area (Å²) in [6.07, 6.45) is 3.27. The number of aromatic nitrogens is 1. The summed E-state index contributed by atoms with van der Waals surface area (Å²) < 4.78 is 1.47. The van der Waals surface area contributed by atoms with Crippen LogP contribution < -0.4 is 8.85 Å². The fraction of sp³-hybridized carbons (Fsp3) is 0.250. The van der Waals surface area contributed by atoms with E-state index in [1.54, 1.807) is 31.5 Å². The average molecular weight is 291 g/mol. The maximum atomic E-state index is 11.4. The van der Waals surface area contributed by atoms with Crippen LogP contribution in [0.2, 0.25) is 0 Å². The van der Waals surface area contributed by atoms with Gasteiger partial charge in [-0.2, -0.15) is 0 Å². The topological polar surface area (TPSA) is 59.2 Å². The molecule has 0 fully saturated rings. The standard InChI is InChI=1S/C8H10IN3O/c1-6(10)8(13)12(9)7-3-2-4-11-5-7/h2-6H,10H2,1H3. The molecule has 0 aromatic carbocycles. The summed E-state index contributed by atoms with van der Waals surface area (Å²) in [7, 11) is 0. The van der Waals surface area contributed by atoms with Gasteiger partial charge in [-0.05, 0) is 19.1 Å². The van der Waals surface area contributed by atoms with Crippen LogP contribution in [0, 0.1) is 0 Å². The van der Waals surface area contributed by atoms with Gasteiger partial charge in [-0.3, -0.25) is 9.78 Å². The molecule has 1 unspecified atom stereocenters. The van der Waals surface area contributed by atoms with Gasteiger partial charge in [0.25, 0.3) is 5.91 Å². The Balaban J connectivity index is 2.80. The summed E-state index contributed by atoms with van der Waals surface area (Å²) in [5.41, 5.74) is 6.20. The molecule has 0 spiro atoms. The highest BCUT2D eigenvalue weighted by molar-refractivity contribution is 14.1. The third-order valence-corrected chi connectivity index (χ3v) is 2.49. The van der Waals surface area contributed by atoms with Crippen LogP contribution in [0.4, 0.5) is 5.69 Å². The monoisotopic (exact) mass is 291 g/mol. The fourth-order valence-electron chi connectivity index (χ4n) is 0.776. The predicted molar refractivity (Wildman–Crippen MR) is 59.4 cm³/mol. The van der Waals surface area contributed by atoms with Gasteiger partial charge in [-0.15, -0.1) is 0 Å². The lowest BCUT2D eigenvalue weighted by Gasteiger charge is -2.15. The van der Waals surface area contributed by atoms with Gasteiger partial charge in [0, 0.05) is 6.20 Å². The number of amides is 1. The van der Waals surface area contributed by atoms with Crippen molar-refractivity contribution in [3.05, 3.63) is 24.5 Å². The van der Waals surface area contributed by atoms with E-state index in [-0.39, 0.29) is 5.91 Å². The molecule has 13 heavy (non-hydrogen) atoms. The molecule has 0 bridgehead atoms. The van der Waals surface area contributed by atoms with E-state index in [0.29, 0.717) is 0 Å². The molecule has 0 radical (unpaired) electrons. The number of carbonyl (C=O) groups is 1. The Morgan fingerprint density at radius 3 is 2.92 bits per heavy atom. The zero-order chi connectivity index (χ0) is 9.84. The largest absolute Gasteiger partial charge is 0.320 e. The zero-order valence-corrected chi connectivity index (χ0v) is 9.30. The van der Waals surface area contributed by atoms with E-state index in [9.17, 15) is 4.79 Å². The minimum atomic E-state index is -0.489. The second kappa shape index (κ2) is 4.52. The minimum absolute atomic E-state index is 0.131. The number of pyridine rings is 1. The summed E-state index contributed by atoms with van der Waals surface area (Å²) in [6.45, 7) is 1.66. The van der Waals surface area contributed by atoms with Crippen LogP contribution in [-0.4, -0.2) is 16.9 Å². The number of nitrogens with zero attached hydrogens (tertiary/aromatic N) is 2. The van der Waals surface area contributed by atoms with Crippen molar-refractivity contribution in [1.82, 2.24) is 4.98 Å². The molecule has 0 aliphatic rings. The molecule has 1 heterocycles. The molecule has 4 nitrogen and oxygen atoms in total. The van der Waals surface area contributed by atoms with Gasteiger partial charge in [0.1, 0.15) is 0 Å². The molecule has 0 aliphatic carbocycles. The molecule has 1 atom stereocenters. The van der Waals surface area contributed by atoms with Crippen molar-refractivity contribution in [2.75, 3.05) is 3.11 Å². The van der Waals surface area contributed by atoms with E-state index in [0.717, 1.165) is 5.69 Å². The second-order valence-electron chi connectivity index (χ2n) is 2.62. The molecular formula is C8H10IN3O. The number of hydrogen-bond acceptors (Lipinski definition) is 3. The summed E-state index contributed by atoms with van der Waals surface area (Å²) in [6, 6.07) is 3.09. The van der Waals surface area contributed by atoms with E-state index in [4.69, 9.17) is 5.73 Å². The highest BCUT2D eigenvalue weighted by Gasteiger charge is 2.16. The molecule has 0 saturated carbocycles. The third kappa shape index (κ3) is 2.63. The highest BCUT2D eigenvalue weighted by Crippen LogP contribution is 2.16. The van der Waals surface area contributed by atoms with Crippen LogP contribution in [0.5, 0.6) is 0 Å². The number of nitrogens with two attached hydrogens (primary N) is 1. The van der Waals surface area contributed by atoms with Gasteiger partial charge >= 0.3 is 0 Å². The normalized spacial score (nSPS) is 12.2. The first-order chi connectivity index (χ1) is 6.13. The molecule has 0 aliphatic heterocycles. The Bertz CT molecular complexity index is 289. The summed E-state index contributed by atoms with van der Waals surface area (Å²) in [5.74, 6) is -0.131. The molecule has 5 heteroatoms. The number of halogens is 1. The van der Waals surface area contributed by atoms with Crippen LogP contribution >= 0.6 is 22.9 Å². The van der Waals surface area contributed by atoms with Crippen molar-refractivity contribution < 1.29 is 4.79 Å². The van der Waals surface area contributed by atoms with Crippen LogP contribution in [0.15, 0.2) is 24.5 Å². The lowest BCUT2D eigenvalue weighted by Crippen LogP contribution is -2.36. The Hall–Kier alpha value is -0.690. The van der Waals surface area contributed by atoms with Gasteiger partial charge < -0.3 is 5.73 Å². The SMILES string of the molecule is CC(N)C(=O)N(I)c1cccnc1.